The number of carbonyl (C=O) groups excluding carboxylic acids is 1. The molecule has 1 aliphatic rings. The van der Waals surface area contributed by atoms with Crippen molar-refractivity contribution in [2.24, 2.45) is 5.92 Å². The number of urea groups is 1. The number of alkyl halides is 2. The fraction of sp³-hybridized carbons (Fsp3) is 0.429. The number of benzene rings is 1. The van der Waals surface area contributed by atoms with E-state index in [1.165, 1.54) is 23.1 Å². The summed E-state index contributed by atoms with van der Waals surface area (Å²) in [4.78, 5) is 24.5. The second kappa shape index (κ2) is 7.45. The summed E-state index contributed by atoms with van der Waals surface area (Å²) in [5.41, 5.74) is 0.260. The van der Waals surface area contributed by atoms with Crippen LogP contribution in [0.15, 0.2) is 18.2 Å². The van der Waals surface area contributed by atoms with Crippen LogP contribution in [0.25, 0.3) is 0 Å². The van der Waals surface area contributed by atoms with E-state index in [9.17, 15) is 18.4 Å². The maximum atomic E-state index is 12.3. The molecule has 6 nitrogen and oxygen atoms in total. The van der Waals surface area contributed by atoms with Crippen LogP contribution in [0.5, 0.6) is 5.75 Å². The molecule has 1 aliphatic heterocycles. The van der Waals surface area contributed by atoms with Crippen LogP contribution in [0.1, 0.15) is 12.8 Å². The van der Waals surface area contributed by atoms with Gasteiger partial charge < -0.3 is 20.1 Å². The molecule has 0 radical (unpaired) electrons. The molecule has 2 amide bonds. The minimum absolute atomic E-state index is 0.00516. The molecule has 1 aromatic carbocycles. The van der Waals surface area contributed by atoms with Gasteiger partial charge in [0.1, 0.15) is 5.75 Å². The fourth-order valence-electron chi connectivity index (χ4n) is 2.30. The molecule has 1 heterocycles. The van der Waals surface area contributed by atoms with Crippen molar-refractivity contribution >= 4 is 29.3 Å². The molecule has 0 aliphatic carbocycles. The predicted octanol–water partition coefficient (Wildman–Crippen LogP) is 3.27. The van der Waals surface area contributed by atoms with Crippen LogP contribution in [-0.4, -0.2) is 41.7 Å². The Hall–Kier alpha value is -2.09. The SMILES string of the molecule is O=C(O)C1CCN(C(=O)Nc2ccc(Cl)c(OC(F)F)c2)CC1. The van der Waals surface area contributed by atoms with Gasteiger partial charge in [-0.25, -0.2) is 4.79 Å². The lowest BCUT2D eigenvalue weighted by Gasteiger charge is -2.30. The molecule has 1 saturated heterocycles. The van der Waals surface area contributed by atoms with E-state index in [1.54, 1.807) is 0 Å². The van der Waals surface area contributed by atoms with Crippen molar-refractivity contribution in [3.05, 3.63) is 23.2 Å². The highest BCUT2D eigenvalue weighted by Gasteiger charge is 2.27. The minimum atomic E-state index is -3.02. The third-order valence-electron chi connectivity index (χ3n) is 3.53. The van der Waals surface area contributed by atoms with Gasteiger partial charge in [0.05, 0.1) is 10.9 Å². The highest BCUT2D eigenvalue weighted by Crippen LogP contribution is 2.29. The number of halogens is 3. The number of nitrogens with one attached hydrogen (secondary N) is 1. The van der Waals surface area contributed by atoms with Crippen LogP contribution in [0.4, 0.5) is 19.3 Å². The molecule has 1 fully saturated rings. The fourth-order valence-corrected chi connectivity index (χ4v) is 2.46. The summed E-state index contributed by atoms with van der Waals surface area (Å²) in [7, 11) is 0. The summed E-state index contributed by atoms with van der Waals surface area (Å²) in [6, 6.07) is 3.57. The molecule has 0 saturated carbocycles. The van der Waals surface area contributed by atoms with Gasteiger partial charge >= 0.3 is 18.6 Å². The van der Waals surface area contributed by atoms with Crippen molar-refractivity contribution in [3.63, 3.8) is 0 Å². The second-order valence-electron chi connectivity index (χ2n) is 5.05. The van der Waals surface area contributed by atoms with Crippen LogP contribution in [0, 0.1) is 5.92 Å². The zero-order chi connectivity index (χ0) is 17.0. The number of aliphatic carboxylic acids is 1. The molecule has 0 bridgehead atoms. The van der Waals surface area contributed by atoms with Crippen molar-refractivity contribution in [1.82, 2.24) is 4.90 Å². The molecule has 9 heteroatoms. The average molecular weight is 349 g/mol. The lowest BCUT2D eigenvalue weighted by molar-refractivity contribution is -0.143. The van der Waals surface area contributed by atoms with Crippen molar-refractivity contribution < 1.29 is 28.2 Å². The van der Waals surface area contributed by atoms with Crippen LogP contribution < -0.4 is 10.1 Å². The van der Waals surface area contributed by atoms with Gasteiger partial charge in [-0.3, -0.25) is 4.79 Å². The minimum Gasteiger partial charge on any atom is -0.481 e. The number of hydrogen-bond donors (Lipinski definition) is 2. The number of ether oxygens (including phenoxy) is 1. The Kier molecular flexibility index (Phi) is 5.59. The summed E-state index contributed by atoms with van der Waals surface area (Å²) >= 11 is 5.73. The lowest BCUT2D eigenvalue weighted by Crippen LogP contribution is -2.42. The van der Waals surface area contributed by atoms with Gasteiger partial charge in [0, 0.05) is 24.8 Å². The normalized spacial score (nSPS) is 15.6. The summed E-state index contributed by atoms with van der Waals surface area (Å²) in [5, 5.41) is 11.5. The number of piperidine rings is 1. The van der Waals surface area contributed by atoms with E-state index >= 15 is 0 Å². The van der Waals surface area contributed by atoms with Crippen molar-refractivity contribution in [3.8, 4) is 5.75 Å². The first kappa shape index (κ1) is 17.3. The lowest BCUT2D eigenvalue weighted by atomic mass is 9.97. The molecule has 0 aromatic heterocycles. The third kappa shape index (κ3) is 4.69. The predicted molar refractivity (Wildman–Crippen MR) is 79.0 cm³/mol. The van der Waals surface area contributed by atoms with Gasteiger partial charge in [0.25, 0.3) is 0 Å². The molecule has 2 rings (SSSR count). The van der Waals surface area contributed by atoms with E-state index in [0.717, 1.165) is 0 Å². The topological polar surface area (TPSA) is 78.9 Å². The highest BCUT2D eigenvalue weighted by atomic mass is 35.5. The quantitative estimate of drug-likeness (QED) is 0.875. The summed E-state index contributed by atoms with van der Waals surface area (Å²) < 4.78 is 28.8. The summed E-state index contributed by atoms with van der Waals surface area (Å²) in [6.45, 7) is -2.39. The van der Waals surface area contributed by atoms with E-state index in [2.05, 4.69) is 10.1 Å². The van der Waals surface area contributed by atoms with Crippen LogP contribution in [0.3, 0.4) is 0 Å². The number of nitrogens with zero attached hydrogens (tertiary/aromatic N) is 1. The van der Waals surface area contributed by atoms with Crippen molar-refractivity contribution in [2.45, 2.75) is 19.5 Å². The zero-order valence-electron chi connectivity index (χ0n) is 12.0. The maximum absolute atomic E-state index is 12.3. The molecule has 0 unspecified atom stereocenters. The van der Waals surface area contributed by atoms with Gasteiger partial charge in [-0.1, -0.05) is 11.6 Å². The summed E-state index contributed by atoms with van der Waals surface area (Å²) in [5.74, 6) is -1.54. The Labute approximate surface area is 136 Å². The Morgan fingerprint density at radius 1 is 1.35 bits per heavy atom. The smallest absolute Gasteiger partial charge is 0.387 e. The van der Waals surface area contributed by atoms with Gasteiger partial charge in [0.2, 0.25) is 0 Å². The molecule has 2 N–H and O–H groups in total. The Balaban J connectivity index is 1.97. The van der Waals surface area contributed by atoms with Crippen molar-refractivity contribution in [1.29, 1.82) is 0 Å². The first-order valence-electron chi connectivity index (χ1n) is 6.90. The number of carboxylic acids is 1. The number of likely N-dealkylation sites (tertiary alicyclic amines) is 1. The standard InChI is InChI=1S/C14H15ClF2N2O4/c15-10-2-1-9(7-11(10)23-13(16)17)18-14(22)19-5-3-8(4-6-19)12(20)21/h1-2,7-8,13H,3-6H2,(H,18,22)(H,20,21). The van der Waals surface area contributed by atoms with E-state index < -0.39 is 24.5 Å². The van der Waals surface area contributed by atoms with E-state index in [4.69, 9.17) is 16.7 Å². The molecule has 23 heavy (non-hydrogen) atoms. The number of hydrogen-bond acceptors (Lipinski definition) is 3. The monoisotopic (exact) mass is 348 g/mol. The highest BCUT2D eigenvalue weighted by molar-refractivity contribution is 6.32. The van der Waals surface area contributed by atoms with E-state index in [1.807, 2.05) is 0 Å². The number of carbonyl (C=O) groups is 2. The van der Waals surface area contributed by atoms with Gasteiger partial charge in [0.15, 0.2) is 0 Å². The molecular weight excluding hydrogens is 334 g/mol. The van der Waals surface area contributed by atoms with Crippen molar-refractivity contribution in [2.75, 3.05) is 18.4 Å². The van der Waals surface area contributed by atoms with E-state index in [-0.39, 0.29) is 16.5 Å². The first-order chi connectivity index (χ1) is 10.9. The molecule has 0 spiro atoms. The Bertz CT molecular complexity index is 592. The molecular formula is C14H15ClF2N2O4. The largest absolute Gasteiger partial charge is 0.481 e. The Morgan fingerprint density at radius 2 is 2.00 bits per heavy atom. The van der Waals surface area contributed by atoms with Crippen LogP contribution in [-0.2, 0) is 4.79 Å². The van der Waals surface area contributed by atoms with Gasteiger partial charge in [-0.15, -0.1) is 0 Å². The number of anilines is 1. The maximum Gasteiger partial charge on any atom is 0.387 e. The number of rotatable bonds is 4. The molecule has 0 atom stereocenters. The molecule has 126 valence electrons. The van der Waals surface area contributed by atoms with Gasteiger partial charge in [-0.2, -0.15) is 8.78 Å². The van der Waals surface area contributed by atoms with Crippen LogP contribution in [0.2, 0.25) is 5.02 Å². The second-order valence-corrected chi connectivity index (χ2v) is 5.46. The van der Waals surface area contributed by atoms with E-state index in [0.29, 0.717) is 25.9 Å². The summed E-state index contributed by atoms with van der Waals surface area (Å²) in [6.07, 6.45) is 0.756. The van der Waals surface area contributed by atoms with Crippen LogP contribution >= 0.6 is 11.6 Å². The zero-order valence-corrected chi connectivity index (χ0v) is 12.7. The first-order valence-corrected chi connectivity index (χ1v) is 7.27. The number of carboxylic acid groups (broad SMARTS) is 1. The number of amides is 2. The average Bonchev–Trinajstić information content (AvgIpc) is 2.50. The van der Waals surface area contributed by atoms with Gasteiger partial charge in [-0.05, 0) is 25.0 Å². The Morgan fingerprint density at radius 3 is 2.57 bits per heavy atom. The third-order valence-corrected chi connectivity index (χ3v) is 3.84. The molecule has 1 aromatic rings.